The summed E-state index contributed by atoms with van der Waals surface area (Å²) in [5.41, 5.74) is 6.75. The van der Waals surface area contributed by atoms with Crippen LogP contribution in [0.4, 0.5) is 0 Å². The fraction of sp³-hybridized carbons (Fsp3) is 0.316. The molecule has 1 aromatic heterocycles. The topological polar surface area (TPSA) is 55.6 Å². The number of rotatable bonds is 5. The Hall–Kier alpha value is -2.53. The molecule has 0 fully saturated rings. The van der Waals surface area contributed by atoms with Crippen molar-refractivity contribution in [3.63, 3.8) is 0 Å². The standard InChI is InChI=1S/C19H21N5/c1-13-21-23-24(22-13)19(9-10-20-2)15-7-8-18-16(12-15)11-14-5-3-4-6-17(14)18/h3-8,12,19-20H,9-11H2,1-2H3. The van der Waals surface area contributed by atoms with Gasteiger partial charge >= 0.3 is 0 Å². The molecule has 24 heavy (non-hydrogen) atoms. The largest absolute Gasteiger partial charge is 0.320 e. The number of hydrogen-bond acceptors (Lipinski definition) is 4. The van der Waals surface area contributed by atoms with E-state index < -0.39 is 0 Å². The van der Waals surface area contributed by atoms with Crippen LogP contribution in [0, 0.1) is 6.92 Å². The van der Waals surface area contributed by atoms with Crippen LogP contribution in [0.5, 0.6) is 0 Å². The van der Waals surface area contributed by atoms with Crippen LogP contribution in [0.2, 0.25) is 0 Å². The summed E-state index contributed by atoms with van der Waals surface area (Å²) in [5, 5.41) is 15.9. The van der Waals surface area contributed by atoms with E-state index in [9.17, 15) is 0 Å². The lowest BCUT2D eigenvalue weighted by atomic mass is 9.98. The van der Waals surface area contributed by atoms with Crippen molar-refractivity contribution in [3.05, 3.63) is 65.0 Å². The highest BCUT2D eigenvalue weighted by Gasteiger charge is 2.22. The second-order valence-corrected chi connectivity index (χ2v) is 6.32. The predicted molar refractivity (Wildman–Crippen MR) is 93.9 cm³/mol. The highest BCUT2D eigenvalue weighted by molar-refractivity contribution is 5.77. The maximum Gasteiger partial charge on any atom is 0.171 e. The van der Waals surface area contributed by atoms with Gasteiger partial charge in [-0.1, -0.05) is 42.5 Å². The number of nitrogens with one attached hydrogen (secondary N) is 1. The Morgan fingerprint density at radius 3 is 2.75 bits per heavy atom. The lowest BCUT2D eigenvalue weighted by molar-refractivity contribution is 0.421. The van der Waals surface area contributed by atoms with Gasteiger partial charge in [0.25, 0.3) is 0 Å². The maximum absolute atomic E-state index is 4.44. The zero-order valence-electron chi connectivity index (χ0n) is 14.0. The molecule has 1 unspecified atom stereocenters. The summed E-state index contributed by atoms with van der Waals surface area (Å²) in [4.78, 5) is 1.75. The first kappa shape index (κ1) is 15.0. The van der Waals surface area contributed by atoms with Gasteiger partial charge in [0.2, 0.25) is 0 Å². The second-order valence-electron chi connectivity index (χ2n) is 6.32. The number of nitrogens with zero attached hydrogens (tertiary/aromatic N) is 4. The first-order valence-electron chi connectivity index (χ1n) is 8.38. The van der Waals surface area contributed by atoms with Crippen LogP contribution >= 0.6 is 0 Å². The third-order valence-corrected chi connectivity index (χ3v) is 4.68. The molecule has 1 heterocycles. The molecule has 1 atom stereocenters. The summed E-state index contributed by atoms with van der Waals surface area (Å²) in [6.07, 6.45) is 1.93. The van der Waals surface area contributed by atoms with Crippen LogP contribution < -0.4 is 5.32 Å². The van der Waals surface area contributed by atoms with Gasteiger partial charge in [0.1, 0.15) is 0 Å². The van der Waals surface area contributed by atoms with Gasteiger partial charge in [0.05, 0.1) is 6.04 Å². The third-order valence-electron chi connectivity index (χ3n) is 4.68. The molecule has 0 spiro atoms. The zero-order valence-corrected chi connectivity index (χ0v) is 14.0. The molecule has 0 saturated carbocycles. The Balaban J connectivity index is 1.71. The molecule has 0 aliphatic heterocycles. The van der Waals surface area contributed by atoms with Crippen molar-refractivity contribution in [2.24, 2.45) is 0 Å². The van der Waals surface area contributed by atoms with Gasteiger partial charge in [0.15, 0.2) is 5.82 Å². The number of hydrogen-bond donors (Lipinski definition) is 1. The van der Waals surface area contributed by atoms with Crippen molar-refractivity contribution in [1.82, 2.24) is 25.5 Å². The molecule has 122 valence electrons. The van der Waals surface area contributed by atoms with Crippen LogP contribution in [0.3, 0.4) is 0 Å². The molecule has 5 nitrogen and oxygen atoms in total. The smallest absolute Gasteiger partial charge is 0.171 e. The van der Waals surface area contributed by atoms with E-state index in [-0.39, 0.29) is 6.04 Å². The molecule has 1 N–H and O–H groups in total. The number of fused-ring (bicyclic) bond motifs is 3. The van der Waals surface area contributed by atoms with E-state index in [0.717, 1.165) is 19.4 Å². The van der Waals surface area contributed by atoms with E-state index in [2.05, 4.69) is 63.2 Å². The SMILES string of the molecule is CNCCC(c1ccc2c(c1)Cc1ccccc1-2)n1nnc(C)n1. The fourth-order valence-corrected chi connectivity index (χ4v) is 3.50. The molecule has 4 rings (SSSR count). The lowest BCUT2D eigenvalue weighted by Gasteiger charge is -2.17. The van der Waals surface area contributed by atoms with E-state index in [1.54, 1.807) is 4.80 Å². The molecule has 3 aromatic rings. The molecule has 5 heteroatoms. The lowest BCUT2D eigenvalue weighted by Crippen LogP contribution is -2.20. The zero-order chi connectivity index (χ0) is 16.5. The minimum atomic E-state index is 0.104. The summed E-state index contributed by atoms with van der Waals surface area (Å²) < 4.78 is 0. The molecule has 1 aliphatic rings. The quantitative estimate of drug-likeness (QED) is 0.614. The van der Waals surface area contributed by atoms with Crippen molar-refractivity contribution in [2.45, 2.75) is 25.8 Å². The van der Waals surface area contributed by atoms with Crippen LogP contribution in [-0.2, 0) is 6.42 Å². The van der Waals surface area contributed by atoms with Gasteiger partial charge in [0, 0.05) is 0 Å². The Bertz CT molecular complexity index is 868. The van der Waals surface area contributed by atoms with Gasteiger partial charge < -0.3 is 5.32 Å². The van der Waals surface area contributed by atoms with Gasteiger partial charge in [-0.25, -0.2) is 0 Å². The van der Waals surface area contributed by atoms with Crippen LogP contribution in [-0.4, -0.2) is 33.8 Å². The molecular weight excluding hydrogens is 298 g/mol. The summed E-state index contributed by atoms with van der Waals surface area (Å²) in [7, 11) is 1.97. The fourth-order valence-electron chi connectivity index (χ4n) is 3.50. The van der Waals surface area contributed by atoms with Gasteiger partial charge in [-0.15, -0.1) is 10.2 Å². The first-order valence-corrected chi connectivity index (χ1v) is 8.38. The Morgan fingerprint density at radius 1 is 1.12 bits per heavy atom. The average Bonchev–Trinajstić information content (AvgIpc) is 3.18. The van der Waals surface area contributed by atoms with Crippen molar-refractivity contribution in [3.8, 4) is 11.1 Å². The van der Waals surface area contributed by atoms with Gasteiger partial charge in [-0.3, -0.25) is 0 Å². The third kappa shape index (κ3) is 2.61. The van der Waals surface area contributed by atoms with E-state index in [0.29, 0.717) is 5.82 Å². The maximum atomic E-state index is 4.44. The Morgan fingerprint density at radius 2 is 1.96 bits per heavy atom. The van der Waals surface area contributed by atoms with Crippen LogP contribution in [0.15, 0.2) is 42.5 Å². The Labute approximate surface area is 141 Å². The molecule has 0 bridgehead atoms. The van der Waals surface area contributed by atoms with Crippen molar-refractivity contribution >= 4 is 0 Å². The number of tetrazole rings is 1. The summed E-state index contributed by atoms with van der Waals surface area (Å²) in [6, 6.07) is 15.5. The van der Waals surface area contributed by atoms with Crippen molar-refractivity contribution in [1.29, 1.82) is 0 Å². The van der Waals surface area contributed by atoms with E-state index in [1.807, 2.05) is 14.0 Å². The monoisotopic (exact) mass is 319 g/mol. The minimum Gasteiger partial charge on any atom is -0.320 e. The average molecular weight is 319 g/mol. The molecule has 2 aromatic carbocycles. The van der Waals surface area contributed by atoms with E-state index in [4.69, 9.17) is 0 Å². The molecular formula is C19H21N5. The first-order chi connectivity index (χ1) is 11.8. The molecule has 0 saturated heterocycles. The highest BCUT2D eigenvalue weighted by Crippen LogP contribution is 2.38. The Kier molecular flexibility index (Phi) is 3.86. The van der Waals surface area contributed by atoms with Crippen LogP contribution in [0.25, 0.3) is 11.1 Å². The summed E-state index contributed by atoms with van der Waals surface area (Å²) >= 11 is 0. The minimum absolute atomic E-state index is 0.104. The predicted octanol–water partition coefficient (Wildman–Crippen LogP) is 2.75. The van der Waals surface area contributed by atoms with Gasteiger partial charge in [-0.2, -0.15) is 4.80 Å². The molecule has 1 aliphatic carbocycles. The molecule has 0 radical (unpaired) electrons. The number of benzene rings is 2. The summed E-state index contributed by atoms with van der Waals surface area (Å²) in [5.74, 6) is 0.707. The second kappa shape index (κ2) is 6.17. The van der Waals surface area contributed by atoms with E-state index in [1.165, 1.54) is 27.8 Å². The normalized spacial score (nSPS) is 13.6. The van der Waals surface area contributed by atoms with Gasteiger partial charge in [-0.05, 0) is 66.4 Å². The van der Waals surface area contributed by atoms with Crippen molar-refractivity contribution in [2.75, 3.05) is 13.6 Å². The summed E-state index contributed by atoms with van der Waals surface area (Å²) in [6.45, 7) is 2.78. The molecule has 0 amide bonds. The van der Waals surface area contributed by atoms with E-state index >= 15 is 0 Å². The highest BCUT2D eigenvalue weighted by atomic mass is 15.6. The van der Waals surface area contributed by atoms with Crippen LogP contribution in [0.1, 0.15) is 35.0 Å². The number of aromatic nitrogens is 4. The van der Waals surface area contributed by atoms with Crippen molar-refractivity contribution < 1.29 is 0 Å². The number of aryl methyl sites for hydroxylation is 1.